The van der Waals surface area contributed by atoms with Gasteiger partial charge in [0.15, 0.2) is 0 Å². The molecule has 1 heteroatoms. The lowest BCUT2D eigenvalue weighted by Crippen LogP contribution is -2.45. The van der Waals surface area contributed by atoms with E-state index in [1.165, 1.54) is 51.4 Å². The molecular formula is C19H36O. The molecule has 0 radical (unpaired) electrons. The molecule has 0 unspecified atom stereocenters. The van der Waals surface area contributed by atoms with Gasteiger partial charge in [-0.2, -0.15) is 0 Å². The molecule has 118 valence electrons. The van der Waals surface area contributed by atoms with Crippen LogP contribution in [0.5, 0.6) is 0 Å². The molecule has 1 nitrogen and oxygen atoms in total. The first-order chi connectivity index (χ1) is 9.41. The van der Waals surface area contributed by atoms with Crippen LogP contribution in [0.1, 0.15) is 91.9 Å². The van der Waals surface area contributed by atoms with Crippen LogP contribution >= 0.6 is 0 Å². The highest BCUT2D eigenvalue weighted by molar-refractivity contribution is 4.95. The molecule has 0 atom stereocenters. The largest absolute Gasteiger partial charge is 0.390 e. The average molecular weight is 280 g/mol. The third-order valence-electron chi connectivity index (χ3n) is 7.05. The Labute approximate surface area is 126 Å². The van der Waals surface area contributed by atoms with Crippen molar-refractivity contribution < 1.29 is 5.11 Å². The van der Waals surface area contributed by atoms with Crippen LogP contribution < -0.4 is 0 Å². The van der Waals surface area contributed by atoms with Crippen LogP contribution in [0.4, 0.5) is 0 Å². The van der Waals surface area contributed by atoms with Crippen molar-refractivity contribution in [1.82, 2.24) is 0 Å². The van der Waals surface area contributed by atoms with E-state index < -0.39 is 0 Å². The molecule has 0 saturated heterocycles. The Bertz CT molecular complexity index is 291. The fourth-order valence-electron chi connectivity index (χ4n) is 4.70. The van der Waals surface area contributed by atoms with Crippen LogP contribution in [-0.4, -0.2) is 10.7 Å². The molecule has 2 rings (SSSR count). The zero-order valence-corrected chi connectivity index (χ0v) is 14.3. The third-order valence-corrected chi connectivity index (χ3v) is 7.05. The molecule has 2 saturated carbocycles. The molecule has 0 bridgehead atoms. The number of hydrogen-bond acceptors (Lipinski definition) is 1. The standard InChI is InChI=1S/C19H36O/c1-5-15-7-9-17(10-8-15)19(20)13-11-16(12-14-19)18(3,4)6-2/h15-17,20H,5-14H2,1-4H3. The Hall–Kier alpha value is -0.0400. The van der Waals surface area contributed by atoms with Gasteiger partial charge in [-0.05, 0) is 61.7 Å². The molecule has 0 heterocycles. The number of rotatable bonds is 4. The Balaban J connectivity index is 1.88. The minimum atomic E-state index is -0.320. The summed E-state index contributed by atoms with van der Waals surface area (Å²) in [6.07, 6.45) is 12.4. The van der Waals surface area contributed by atoms with Gasteiger partial charge in [-0.1, -0.05) is 53.4 Å². The van der Waals surface area contributed by atoms with Crippen molar-refractivity contribution in [2.45, 2.75) is 97.5 Å². The van der Waals surface area contributed by atoms with Crippen molar-refractivity contribution >= 4 is 0 Å². The van der Waals surface area contributed by atoms with Crippen LogP contribution in [0.15, 0.2) is 0 Å². The van der Waals surface area contributed by atoms with E-state index in [0.717, 1.165) is 24.7 Å². The molecule has 2 fully saturated rings. The predicted molar refractivity (Wildman–Crippen MR) is 86.7 cm³/mol. The zero-order valence-electron chi connectivity index (χ0n) is 14.3. The van der Waals surface area contributed by atoms with Crippen LogP contribution in [0.2, 0.25) is 0 Å². The van der Waals surface area contributed by atoms with E-state index in [1.807, 2.05) is 0 Å². The van der Waals surface area contributed by atoms with Gasteiger partial charge in [-0.25, -0.2) is 0 Å². The summed E-state index contributed by atoms with van der Waals surface area (Å²) in [7, 11) is 0. The lowest BCUT2D eigenvalue weighted by Gasteiger charge is -2.47. The maximum atomic E-state index is 11.1. The minimum absolute atomic E-state index is 0.320. The highest BCUT2D eigenvalue weighted by Crippen LogP contribution is 2.48. The van der Waals surface area contributed by atoms with Crippen LogP contribution in [0, 0.1) is 23.2 Å². The van der Waals surface area contributed by atoms with Crippen molar-refractivity contribution in [2.75, 3.05) is 0 Å². The molecule has 0 aromatic rings. The van der Waals surface area contributed by atoms with Crippen LogP contribution in [-0.2, 0) is 0 Å². The fraction of sp³-hybridized carbons (Fsp3) is 1.00. The second kappa shape index (κ2) is 6.38. The van der Waals surface area contributed by atoms with Gasteiger partial charge >= 0.3 is 0 Å². The molecule has 0 aromatic heterocycles. The summed E-state index contributed by atoms with van der Waals surface area (Å²) in [6.45, 7) is 9.45. The summed E-state index contributed by atoms with van der Waals surface area (Å²) >= 11 is 0. The molecular weight excluding hydrogens is 244 g/mol. The molecule has 0 aliphatic heterocycles. The van der Waals surface area contributed by atoms with Crippen molar-refractivity contribution in [3.63, 3.8) is 0 Å². The SMILES string of the molecule is CCC1CCC(C2(O)CCC(C(C)(C)CC)CC2)CC1. The Morgan fingerprint density at radius 2 is 1.50 bits per heavy atom. The van der Waals surface area contributed by atoms with Gasteiger partial charge in [-0.15, -0.1) is 0 Å². The smallest absolute Gasteiger partial charge is 0.0676 e. The highest BCUT2D eigenvalue weighted by Gasteiger charge is 2.43. The fourth-order valence-corrected chi connectivity index (χ4v) is 4.70. The van der Waals surface area contributed by atoms with Gasteiger partial charge in [0.25, 0.3) is 0 Å². The predicted octanol–water partition coefficient (Wildman–Crippen LogP) is 5.56. The summed E-state index contributed by atoms with van der Waals surface area (Å²) < 4.78 is 0. The van der Waals surface area contributed by atoms with E-state index in [9.17, 15) is 5.11 Å². The summed E-state index contributed by atoms with van der Waals surface area (Å²) in [5, 5.41) is 11.1. The van der Waals surface area contributed by atoms with Crippen molar-refractivity contribution in [3.05, 3.63) is 0 Å². The first-order valence-corrected chi connectivity index (χ1v) is 9.13. The second-order valence-corrected chi connectivity index (χ2v) is 8.35. The molecule has 0 aromatic carbocycles. The van der Waals surface area contributed by atoms with E-state index in [0.29, 0.717) is 11.3 Å². The molecule has 0 spiro atoms. The Morgan fingerprint density at radius 3 is 1.95 bits per heavy atom. The lowest BCUT2D eigenvalue weighted by atomic mass is 9.61. The lowest BCUT2D eigenvalue weighted by molar-refractivity contribution is -0.0849. The maximum absolute atomic E-state index is 11.1. The van der Waals surface area contributed by atoms with E-state index in [-0.39, 0.29) is 5.60 Å². The maximum Gasteiger partial charge on any atom is 0.0676 e. The second-order valence-electron chi connectivity index (χ2n) is 8.35. The first-order valence-electron chi connectivity index (χ1n) is 9.13. The van der Waals surface area contributed by atoms with Gasteiger partial charge in [0.2, 0.25) is 0 Å². The normalized spacial score (nSPS) is 39.8. The van der Waals surface area contributed by atoms with Gasteiger partial charge in [0.1, 0.15) is 0 Å². The van der Waals surface area contributed by atoms with E-state index in [2.05, 4.69) is 27.7 Å². The van der Waals surface area contributed by atoms with Gasteiger partial charge < -0.3 is 5.11 Å². The topological polar surface area (TPSA) is 20.2 Å². The van der Waals surface area contributed by atoms with E-state index >= 15 is 0 Å². The number of aliphatic hydroxyl groups is 1. The monoisotopic (exact) mass is 280 g/mol. The third kappa shape index (κ3) is 3.40. The highest BCUT2D eigenvalue weighted by atomic mass is 16.3. The molecule has 1 N–H and O–H groups in total. The summed E-state index contributed by atoms with van der Waals surface area (Å²) in [5.41, 5.74) is 0.139. The molecule has 2 aliphatic rings. The quantitative estimate of drug-likeness (QED) is 0.714. The summed E-state index contributed by atoms with van der Waals surface area (Å²) in [5.74, 6) is 2.35. The van der Waals surface area contributed by atoms with Gasteiger partial charge in [0.05, 0.1) is 5.60 Å². The van der Waals surface area contributed by atoms with Crippen LogP contribution in [0.3, 0.4) is 0 Å². The Morgan fingerprint density at radius 1 is 0.950 bits per heavy atom. The Kier molecular flexibility index (Phi) is 5.21. The average Bonchev–Trinajstić information content (AvgIpc) is 2.48. The molecule has 20 heavy (non-hydrogen) atoms. The van der Waals surface area contributed by atoms with E-state index in [4.69, 9.17) is 0 Å². The van der Waals surface area contributed by atoms with Crippen molar-refractivity contribution in [2.24, 2.45) is 23.2 Å². The summed E-state index contributed by atoms with van der Waals surface area (Å²) in [6, 6.07) is 0. The zero-order chi connectivity index (χ0) is 14.8. The summed E-state index contributed by atoms with van der Waals surface area (Å²) in [4.78, 5) is 0. The molecule has 2 aliphatic carbocycles. The van der Waals surface area contributed by atoms with Crippen molar-refractivity contribution in [3.8, 4) is 0 Å². The van der Waals surface area contributed by atoms with Gasteiger partial charge in [-0.3, -0.25) is 0 Å². The minimum Gasteiger partial charge on any atom is -0.390 e. The molecule has 0 amide bonds. The first kappa shape index (κ1) is 16.3. The van der Waals surface area contributed by atoms with Crippen molar-refractivity contribution in [1.29, 1.82) is 0 Å². The van der Waals surface area contributed by atoms with E-state index in [1.54, 1.807) is 0 Å². The van der Waals surface area contributed by atoms with Crippen LogP contribution in [0.25, 0.3) is 0 Å². The number of hydrogen-bond donors (Lipinski definition) is 1. The van der Waals surface area contributed by atoms with Gasteiger partial charge in [0, 0.05) is 0 Å².